The number of aromatic nitrogens is 2. The number of benzene rings is 1. The Kier molecular flexibility index (Phi) is 3.16. The van der Waals surface area contributed by atoms with Gasteiger partial charge in [-0.25, -0.2) is 0 Å². The van der Waals surface area contributed by atoms with Crippen LogP contribution in [-0.4, -0.2) is 21.2 Å². The molecule has 5 nitrogen and oxygen atoms in total. The van der Waals surface area contributed by atoms with Crippen molar-refractivity contribution in [2.75, 3.05) is 0 Å². The Labute approximate surface area is 104 Å². The van der Waals surface area contributed by atoms with Gasteiger partial charge in [-0.1, -0.05) is 0 Å². The van der Waals surface area contributed by atoms with Crippen molar-refractivity contribution >= 4 is 0 Å². The van der Waals surface area contributed by atoms with E-state index >= 15 is 0 Å². The second-order valence-electron chi connectivity index (χ2n) is 3.48. The first-order valence-electron chi connectivity index (χ1n) is 5.01. The molecule has 0 unspecified atom stereocenters. The topological polar surface area (TPSA) is 64.3 Å². The van der Waals surface area contributed by atoms with Crippen molar-refractivity contribution in [3.63, 3.8) is 0 Å². The van der Waals surface area contributed by atoms with E-state index in [0.717, 1.165) is 28.9 Å². The van der Waals surface area contributed by atoms with Gasteiger partial charge in [0.15, 0.2) is 0 Å². The van der Waals surface area contributed by atoms with Gasteiger partial charge in [-0.05, 0) is 24.3 Å². The summed E-state index contributed by atoms with van der Waals surface area (Å²) in [6.07, 6.45) is -4.78. The highest BCUT2D eigenvalue weighted by Gasteiger charge is 2.30. The van der Waals surface area contributed by atoms with Gasteiger partial charge in [-0.2, -0.15) is 4.68 Å². The minimum absolute atomic E-state index is 0.204. The third-order valence-electron chi connectivity index (χ3n) is 2.10. The van der Waals surface area contributed by atoms with E-state index in [-0.39, 0.29) is 11.6 Å². The molecule has 0 saturated carbocycles. The van der Waals surface area contributed by atoms with E-state index in [4.69, 9.17) is 5.11 Å². The molecule has 0 aliphatic carbocycles. The number of hydrogen-bond donors (Lipinski definition) is 1. The molecule has 0 aliphatic heterocycles. The fourth-order valence-corrected chi connectivity index (χ4v) is 1.38. The SMILES string of the molecule is O=c1ccc(O)nn1-c1ccc(OC(F)(F)F)cc1. The zero-order valence-electron chi connectivity index (χ0n) is 9.26. The van der Waals surface area contributed by atoms with Gasteiger partial charge in [0, 0.05) is 12.1 Å². The minimum Gasteiger partial charge on any atom is -0.492 e. The molecular weight excluding hydrogens is 265 g/mol. The van der Waals surface area contributed by atoms with E-state index in [0.29, 0.717) is 0 Å². The Morgan fingerprint density at radius 2 is 1.74 bits per heavy atom. The Hall–Kier alpha value is -2.51. The van der Waals surface area contributed by atoms with Crippen LogP contribution in [0.5, 0.6) is 11.6 Å². The Morgan fingerprint density at radius 1 is 1.11 bits per heavy atom. The highest BCUT2D eigenvalue weighted by Crippen LogP contribution is 2.23. The predicted molar refractivity (Wildman–Crippen MR) is 58.2 cm³/mol. The van der Waals surface area contributed by atoms with Gasteiger partial charge < -0.3 is 9.84 Å². The van der Waals surface area contributed by atoms with Crippen LogP contribution in [0.25, 0.3) is 5.69 Å². The van der Waals surface area contributed by atoms with Crippen molar-refractivity contribution in [3.8, 4) is 17.3 Å². The molecule has 0 bridgehead atoms. The van der Waals surface area contributed by atoms with E-state index in [1.807, 2.05) is 0 Å². The average molecular weight is 272 g/mol. The molecule has 0 amide bonds. The van der Waals surface area contributed by atoms with Gasteiger partial charge in [0.25, 0.3) is 5.56 Å². The summed E-state index contributed by atoms with van der Waals surface area (Å²) in [6, 6.07) is 6.72. The zero-order valence-corrected chi connectivity index (χ0v) is 9.26. The summed E-state index contributed by atoms with van der Waals surface area (Å²) >= 11 is 0. The first-order chi connectivity index (χ1) is 8.85. The van der Waals surface area contributed by atoms with Crippen LogP contribution < -0.4 is 10.3 Å². The fraction of sp³-hybridized carbons (Fsp3) is 0.0909. The van der Waals surface area contributed by atoms with Gasteiger partial charge in [-0.3, -0.25) is 4.79 Å². The molecule has 2 aromatic rings. The second kappa shape index (κ2) is 4.63. The number of nitrogens with zero attached hydrogens (tertiary/aromatic N) is 2. The summed E-state index contributed by atoms with van der Waals surface area (Å²) in [5.41, 5.74) is -0.322. The van der Waals surface area contributed by atoms with Crippen molar-refractivity contribution in [2.45, 2.75) is 6.36 Å². The van der Waals surface area contributed by atoms with Gasteiger partial charge >= 0.3 is 6.36 Å². The van der Waals surface area contributed by atoms with Crippen LogP contribution in [0.3, 0.4) is 0 Å². The summed E-state index contributed by atoms with van der Waals surface area (Å²) in [4.78, 5) is 11.5. The van der Waals surface area contributed by atoms with E-state index in [2.05, 4.69) is 9.84 Å². The summed E-state index contributed by atoms with van der Waals surface area (Å²) in [7, 11) is 0. The Bertz CT molecular complexity index is 635. The highest BCUT2D eigenvalue weighted by atomic mass is 19.4. The maximum absolute atomic E-state index is 12.0. The lowest BCUT2D eigenvalue weighted by Gasteiger charge is -2.09. The van der Waals surface area contributed by atoms with Crippen molar-refractivity contribution < 1.29 is 23.0 Å². The maximum atomic E-state index is 12.0. The molecule has 8 heteroatoms. The number of halogens is 3. The number of ether oxygens (including phenoxy) is 1. The predicted octanol–water partition coefficient (Wildman–Crippen LogP) is 1.84. The molecule has 0 saturated heterocycles. The summed E-state index contributed by atoms with van der Waals surface area (Å²) < 4.78 is 40.4. The smallest absolute Gasteiger partial charge is 0.492 e. The molecule has 2 rings (SSSR count). The molecule has 1 aromatic heterocycles. The van der Waals surface area contributed by atoms with Crippen LogP contribution in [-0.2, 0) is 0 Å². The molecular formula is C11H7F3N2O3. The number of hydrogen-bond acceptors (Lipinski definition) is 4. The highest BCUT2D eigenvalue weighted by molar-refractivity contribution is 5.36. The van der Waals surface area contributed by atoms with Crippen LogP contribution in [0.4, 0.5) is 13.2 Å². The maximum Gasteiger partial charge on any atom is 0.573 e. The Morgan fingerprint density at radius 3 is 2.32 bits per heavy atom. The first-order valence-corrected chi connectivity index (χ1v) is 5.01. The molecule has 0 aliphatic rings. The molecule has 1 heterocycles. The van der Waals surface area contributed by atoms with E-state index in [1.165, 1.54) is 12.1 Å². The third-order valence-corrected chi connectivity index (χ3v) is 2.10. The largest absolute Gasteiger partial charge is 0.573 e. The van der Waals surface area contributed by atoms with Crippen LogP contribution in [0.1, 0.15) is 0 Å². The quantitative estimate of drug-likeness (QED) is 0.906. The van der Waals surface area contributed by atoms with Gasteiger partial charge in [0.05, 0.1) is 5.69 Å². The molecule has 0 radical (unpaired) electrons. The van der Waals surface area contributed by atoms with Crippen LogP contribution >= 0.6 is 0 Å². The van der Waals surface area contributed by atoms with Crippen molar-refractivity contribution in [1.82, 2.24) is 9.78 Å². The lowest BCUT2D eigenvalue weighted by Crippen LogP contribution is -2.20. The van der Waals surface area contributed by atoms with Crippen LogP contribution in [0, 0.1) is 0 Å². The standard InChI is InChI=1S/C11H7F3N2O3/c12-11(13,14)19-8-3-1-7(2-4-8)16-10(18)6-5-9(17)15-16/h1-6H,(H,15,17). The lowest BCUT2D eigenvalue weighted by molar-refractivity contribution is -0.274. The number of alkyl halides is 3. The van der Waals surface area contributed by atoms with Crippen LogP contribution in [0.15, 0.2) is 41.2 Å². The third kappa shape index (κ3) is 3.24. The molecule has 1 aromatic carbocycles. The molecule has 0 atom stereocenters. The molecule has 1 N–H and O–H groups in total. The number of aromatic hydroxyl groups is 1. The molecule has 19 heavy (non-hydrogen) atoms. The Balaban J connectivity index is 2.33. The summed E-state index contributed by atoms with van der Waals surface area (Å²) in [5, 5.41) is 12.7. The van der Waals surface area contributed by atoms with Crippen molar-refractivity contribution in [2.24, 2.45) is 0 Å². The number of rotatable bonds is 2. The second-order valence-corrected chi connectivity index (χ2v) is 3.48. The lowest BCUT2D eigenvalue weighted by atomic mass is 10.3. The van der Waals surface area contributed by atoms with E-state index in [9.17, 15) is 18.0 Å². The zero-order chi connectivity index (χ0) is 14.0. The summed E-state index contributed by atoms with van der Waals surface area (Å²) in [5.74, 6) is -0.792. The monoisotopic (exact) mass is 272 g/mol. The average Bonchev–Trinajstić information content (AvgIpc) is 2.31. The molecule has 0 spiro atoms. The van der Waals surface area contributed by atoms with E-state index in [1.54, 1.807) is 0 Å². The van der Waals surface area contributed by atoms with E-state index < -0.39 is 17.7 Å². The normalized spacial score (nSPS) is 11.3. The fourth-order valence-electron chi connectivity index (χ4n) is 1.38. The van der Waals surface area contributed by atoms with Crippen molar-refractivity contribution in [1.29, 1.82) is 0 Å². The van der Waals surface area contributed by atoms with Crippen LogP contribution in [0.2, 0.25) is 0 Å². The summed E-state index contributed by atoms with van der Waals surface area (Å²) in [6.45, 7) is 0. The minimum atomic E-state index is -4.78. The molecule has 100 valence electrons. The van der Waals surface area contributed by atoms with Gasteiger partial charge in [0.2, 0.25) is 5.88 Å². The first kappa shape index (κ1) is 12.9. The van der Waals surface area contributed by atoms with Gasteiger partial charge in [-0.15, -0.1) is 18.3 Å². The molecule has 0 fully saturated rings. The van der Waals surface area contributed by atoms with Crippen molar-refractivity contribution in [3.05, 3.63) is 46.8 Å². The van der Waals surface area contributed by atoms with Gasteiger partial charge in [0.1, 0.15) is 5.75 Å².